The summed E-state index contributed by atoms with van der Waals surface area (Å²) in [7, 11) is 2.19. The van der Waals surface area contributed by atoms with Gasteiger partial charge in [0.05, 0.1) is 6.54 Å². The Bertz CT molecular complexity index is 364. The zero-order chi connectivity index (χ0) is 12.1. The number of nitrogens with zero attached hydrogens (tertiary/aromatic N) is 5. The number of likely N-dealkylation sites (tertiary alicyclic amines) is 1. The van der Waals surface area contributed by atoms with Crippen LogP contribution in [0, 0.1) is 5.92 Å². The Morgan fingerprint density at radius 3 is 3.24 bits per heavy atom. The molecule has 17 heavy (non-hydrogen) atoms. The summed E-state index contributed by atoms with van der Waals surface area (Å²) in [5, 5.41) is 12.6. The molecule has 0 radical (unpaired) electrons. The van der Waals surface area contributed by atoms with Gasteiger partial charge in [-0.1, -0.05) is 17.8 Å². The Kier molecular flexibility index (Phi) is 4.56. The van der Waals surface area contributed by atoms with Crippen LogP contribution < -0.4 is 0 Å². The number of hydrogen-bond donors (Lipinski definition) is 0. The molecular weight excluding hydrogens is 234 g/mol. The number of hydrogen-bond acceptors (Lipinski definition) is 5. The Morgan fingerprint density at radius 2 is 2.47 bits per heavy atom. The summed E-state index contributed by atoms with van der Waals surface area (Å²) in [6.07, 6.45) is 4.44. The predicted octanol–water partition coefficient (Wildman–Crippen LogP) is 1.29. The van der Waals surface area contributed by atoms with Crippen molar-refractivity contribution < 1.29 is 0 Å². The van der Waals surface area contributed by atoms with E-state index in [2.05, 4.69) is 34.1 Å². The molecular formula is C11H19N5S. The SMILES string of the molecule is C=CCn1nnnc1SCC1CCCN(C)C1. The zero-order valence-electron chi connectivity index (χ0n) is 10.2. The minimum atomic E-state index is 0.680. The zero-order valence-corrected chi connectivity index (χ0v) is 11.1. The monoisotopic (exact) mass is 253 g/mol. The highest BCUT2D eigenvalue weighted by Gasteiger charge is 2.18. The Labute approximate surface area is 106 Å². The third-order valence-corrected chi connectivity index (χ3v) is 4.16. The number of piperidine rings is 1. The van der Waals surface area contributed by atoms with Crippen LogP contribution in [0.1, 0.15) is 12.8 Å². The van der Waals surface area contributed by atoms with Gasteiger partial charge in [0.1, 0.15) is 0 Å². The van der Waals surface area contributed by atoms with Crippen molar-refractivity contribution in [3.63, 3.8) is 0 Å². The molecule has 1 saturated heterocycles. The molecule has 2 heterocycles. The third kappa shape index (κ3) is 3.54. The summed E-state index contributed by atoms with van der Waals surface area (Å²) in [5.41, 5.74) is 0. The first-order chi connectivity index (χ1) is 8.29. The quantitative estimate of drug-likeness (QED) is 0.584. The van der Waals surface area contributed by atoms with E-state index in [0.717, 1.165) is 16.8 Å². The second-order valence-electron chi connectivity index (χ2n) is 4.51. The lowest BCUT2D eigenvalue weighted by molar-refractivity contribution is 0.224. The normalized spacial score (nSPS) is 21.6. The van der Waals surface area contributed by atoms with Gasteiger partial charge in [0.2, 0.25) is 5.16 Å². The molecule has 0 amide bonds. The Hall–Kier alpha value is -0.880. The van der Waals surface area contributed by atoms with Crippen molar-refractivity contribution in [2.75, 3.05) is 25.9 Å². The highest BCUT2D eigenvalue weighted by molar-refractivity contribution is 7.99. The molecule has 1 aliphatic rings. The van der Waals surface area contributed by atoms with E-state index in [1.807, 2.05) is 6.08 Å². The van der Waals surface area contributed by atoms with Crippen LogP contribution in [0.4, 0.5) is 0 Å². The van der Waals surface area contributed by atoms with Gasteiger partial charge in [0.15, 0.2) is 0 Å². The highest BCUT2D eigenvalue weighted by atomic mass is 32.2. The third-order valence-electron chi connectivity index (χ3n) is 2.97. The van der Waals surface area contributed by atoms with Crippen molar-refractivity contribution in [3.05, 3.63) is 12.7 Å². The van der Waals surface area contributed by atoms with Gasteiger partial charge in [-0.3, -0.25) is 0 Å². The maximum atomic E-state index is 4.04. The van der Waals surface area contributed by atoms with Gasteiger partial charge in [-0.05, 0) is 42.8 Å². The van der Waals surface area contributed by atoms with Crippen molar-refractivity contribution in [1.29, 1.82) is 0 Å². The molecule has 1 atom stereocenters. The van der Waals surface area contributed by atoms with Crippen LogP contribution in [0.25, 0.3) is 0 Å². The first-order valence-corrected chi connectivity index (χ1v) is 6.96. The van der Waals surface area contributed by atoms with Gasteiger partial charge in [-0.15, -0.1) is 11.7 Å². The molecule has 0 aliphatic carbocycles. The van der Waals surface area contributed by atoms with E-state index in [0.29, 0.717) is 6.54 Å². The summed E-state index contributed by atoms with van der Waals surface area (Å²) >= 11 is 1.75. The molecule has 0 saturated carbocycles. The molecule has 94 valence electrons. The van der Waals surface area contributed by atoms with Crippen molar-refractivity contribution in [1.82, 2.24) is 25.1 Å². The van der Waals surface area contributed by atoms with Crippen LogP contribution >= 0.6 is 11.8 Å². The highest BCUT2D eigenvalue weighted by Crippen LogP contribution is 2.23. The van der Waals surface area contributed by atoms with E-state index in [-0.39, 0.29) is 0 Å². The Morgan fingerprint density at radius 1 is 1.59 bits per heavy atom. The number of aromatic nitrogens is 4. The second kappa shape index (κ2) is 6.16. The van der Waals surface area contributed by atoms with Crippen LogP contribution in [0.5, 0.6) is 0 Å². The molecule has 1 aromatic rings. The van der Waals surface area contributed by atoms with Gasteiger partial charge in [0.25, 0.3) is 0 Å². The maximum Gasteiger partial charge on any atom is 0.209 e. The molecule has 0 N–H and O–H groups in total. The lowest BCUT2D eigenvalue weighted by Gasteiger charge is -2.29. The van der Waals surface area contributed by atoms with E-state index in [9.17, 15) is 0 Å². The van der Waals surface area contributed by atoms with Gasteiger partial charge in [-0.2, -0.15) is 0 Å². The van der Waals surface area contributed by atoms with E-state index >= 15 is 0 Å². The van der Waals surface area contributed by atoms with Crippen LogP contribution in [-0.2, 0) is 6.54 Å². The first kappa shape index (κ1) is 12.6. The van der Waals surface area contributed by atoms with Crippen molar-refractivity contribution in [2.24, 2.45) is 5.92 Å². The lowest BCUT2D eigenvalue weighted by Crippen LogP contribution is -2.33. The summed E-state index contributed by atoms with van der Waals surface area (Å²) in [5.74, 6) is 1.86. The molecule has 6 heteroatoms. The minimum absolute atomic E-state index is 0.680. The maximum absolute atomic E-state index is 4.04. The largest absolute Gasteiger partial charge is 0.306 e. The average Bonchev–Trinajstić information content (AvgIpc) is 2.75. The summed E-state index contributed by atoms with van der Waals surface area (Å²) in [6.45, 7) is 6.81. The minimum Gasteiger partial charge on any atom is -0.306 e. The number of rotatable bonds is 5. The van der Waals surface area contributed by atoms with Crippen LogP contribution in [0.15, 0.2) is 17.8 Å². The Balaban J connectivity index is 1.84. The van der Waals surface area contributed by atoms with Gasteiger partial charge in [-0.25, -0.2) is 4.68 Å². The molecule has 1 aromatic heterocycles. The molecule has 5 nitrogen and oxygen atoms in total. The number of allylic oxidation sites excluding steroid dienone is 1. The van der Waals surface area contributed by atoms with Crippen LogP contribution in [0.2, 0.25) is 0 Å². The second-order valence-corrected chi connectivity index (χ2v) is 5.50. The molecule has 0 spiro atoms. The molecule has 0 aromatic carbocycles. The fourth-order valence-electron chi connectivity index (χ4n) is 2.14. The van der Waals surface area contributed by atoms with E-state index in [1.54, 1.807) is 16.4 Å². The average molecular weight is 253 g/mol. The van der Waals surface area contributed by atoms with Crippen molar-refractivity contribution >= 4 is 11.8 Å². The number of tetrazole rings is 1. The van der Waals surface area contributed by atoms with Gasteiger partial charge in [0, 0.05) is 12.3 Å². The number of thioether (sulfide) groups is 1. The standard InChI is InChI=1S/C11H19N5S/c1-3-6-16-11(12-13-14-16)17-9-10-5-4-7-15(2)8-10/h3,10H,1,4-9H2,2H3. The molecule has 0 bridgehead atoms. The lowest BCUT2D eigenvalue weighted by atomic mass is 10.0. The summed E-state index contributed by atoms with van der Waals surface area (Å²) < 4.78 is 1.80. The van der Waals surface area contributed by atoms with E-state index in [4.69, 9.17) is 0 Å². The fourth-order valence-corrected chi connectivity index (χ4v) is 3.15. The molecule has 1 fully saturated rings. The summed E-state index contributed by atoms with van der Waals surface area (Å²) in [4.78, 5) is 2.40. The first-order valence-electron chi connectivity index (χ1n) is 5.98. The van der Waals surface area contributed by atoms with Gasteiger partial charge < -0.3 is 4.90 Å². The van der Waals surface area contributed by atoms with E-state index < -0.39 is 0 Å². The van der Waals surface area contributed by atoms with Gasteiger partial charge >= 0.3 is 0 Å². The van der Waals surface area contributed by atoms with E-state index in [1.165, 1.54) is 25.9 Å². The van der Waals surface area contributed by atoms with Crippen LogP contribution in [-0.4, -0.2) is 51.0 Å². The fraction of sp³-hybridized carbons (Fsp3) is 0.727. The predicted molar refractivity (Wildman–Crippen MR) is 69.0 cm³/mol. The molecule has 2 rings (SSSR count). The summed E-state index contributed by atoms with van der Waals surface area (Å²) in [6, 6.07) is 0. The topological polar surface area (TPSA) is 46.8 Å². The molecule has 1 aliphatic heterocycles. The molecule has 1 unspecified atom stereocenters. The van der Waals surface area contributed by atoms with Crippen molar-refractivity contribution in [2.45, 2.75) is 24.5 Å². The van der Waals surface area contributed by atoms with Crippen LogP contribution in [0.3, 0.4) is 0 Å². The van der Waals surface area contributed by atoms with Crippen molar-refractivity contribution in [3.8, 4) is 0 Å². The smallest absolute Gasteiger partial charge is 0.209 e.